The van der Waals surface area contributed by atoms with E-state index in [9.17, 15) is 9.59 Å². The van der Waals surface area contributed by atoms with E-state index in [1.807, 2.05) is 13.8 Å². The minimum absolute atomic E-state index is 0.237. The van der Waals surface area contributed by atoms with Gasteiger partial charge in [-0.25, -0.2) is 0 Å². The third-order valence-electron chi connectivity index (χ3n) is 2.72. The van der Waals surface area contributed by atoms with E-state index in [1.54, 1.807) is 0 Å². The van der Waals surface area contributed by atoms with Gasteiger partial charge >= 0.3 is 11.9 Å². The van der Waals surface area contributed by atoms with E-state index in [4.69, 9.17) is 9.84 Å². The molecule has 5 nitrogen and oxygen atoms in total. The van der Waals surface area contributed by atoms with Crippen LogP contribution in [0, 0.1) is 11.8 Å². The molecule has 112 valence electrons. The van der Waals surface area contributed by atoms with Crippen LogP contribution in [0.1, 0.15) is 47.0 Å². The van der Waals surface area contributed by atoms with Gasteiger partial charge in [0.1, 0.15) is 6.04 Å². The zero-order valence-corrected chi connectivity index (χ0v) is 12.4. The maximum Gasteiger partial charge on any atom is 0.323 e. The summed E-state index contributed by atoms with van der Waals surface area (Å²) in [5, 5.41) is 11.8. The number of rotatable bonds is 10. The van der Waals surface area contributed by atoms with E-state index in [2.05, 4.69) is 19.2 Å². The van der Waals surface area contributed by atoms with Crippen LogP contribution in [0.4, 0.5) is 0 Å². The highest BCUT2D eigenvalue weighted by molar-refractivity contribution is 5.81. The predicted molar refractivity (Wildman–Crippen MR) is 73.9 cm³/mol. The van der Waals surface area contributed by atoms with Crippen LogP contribution < -0.4 is 5.32 Å². The highest BCUT2D eigenvalue weighted by Gasteiger charge is 2.22. The number of nitrogens with one attached hydrogen (secondary N) is 1. The number of carbonyl (C=O) groups is 2. The van der Waals surface area contributed by atoms with E-state index < -0.39 is 18.0 Å². The van der Waals surface area contributed by atoms with Gasteiger partial charge in [0, 0.05) is 0 Å². The van der Waals surface area contributed by atoms with E-state index in [0.29, 0.717) is 25.0 Å². The van der Waals surface area contributed by atoms with Gasteiger partial charge in [-0.2, -0.15) is 0 Å². The molecule has 0 fully saturated rings. The third-order valence-corrected chi connectivity index (χ3v) is 2.72. The monoisotopic (exact) mass is 273 g/mol. The molecule has 0 saturated heterocycles. The molecular formula is C14H27NO4. The maximum atomic E-state index is 11.8. The molecule has 0 aromatic carbocycles. The molecule has 5 heteroatoms. The van der Waals surface area contributed by atoms with Crippen LogP contribution in [0.25, 0.3) is 0 Å². The third kappa shape index (κ3) is 10.5. The number of carboxylic acids is 1. The van der Waals surface area contributed by atoms with Crippen LogP contribution in [0.15, 0.2) is 0 Å². The van der Waals surface area contributed by atoms with Crippen molar-refractivity contribution in [3.63, 3.8) is 0 Å². The second-order valence-electron chi connectivity index (χ2n) is 5.64. The van der Waals surface area contributed by atoms with Gasteiger partial charge in [-0.15, -0.1) is 0 Å². The van der Waals surface area contributed by atoms with Crippen molar-refractivity contribution < 1.29 is 19.4 Å². The molecular weight excluding hydrogens is 246 g/mol. The molecule has 19 heavy (non-hydrogen) atoms. The number of esters is 1. The summed E-state index contributed by atoms with van der Waals surface area (Å²) in [5.41, 5.74) is 0. The Balaban J connectivity index is 4.15. The minimum atomic E-state index is -0.997. The van der Waals surface area contributed by atoms with Crippen molar-refractivity contribution in [2.24, 2.45) is 11.8 Å². The zero-order chi connectivity index (χ0) is 14.8. The molecule has 0 aliphatic rings. The van der Waals surface area contributed by atoms with Gasteiger partial charge in [-0.05, 0) is 31.2 Å². The van der Waals surface area contributed by atoms with E-state index >= 15 is 0 Å². The fourth-order valence-electron chi connectivity index (χ4n) is 1.46. The van der Waals surface area contributed by atoms with Crippen molar-refractivity contribution in [2.45, 2.75) is 53.0 Å². The lowest BCUT2D eigenvalue weighted by atomic mass is 10.1. The van der Waals surface area contributed by atoms with Crippen LogP contribution in [0.3, 0.4) is 0 Å². The van der Waals surface area contributed by atoms with Crippen molar-refractivity contribution in [2.75, 3.05) is 13.2 Å². The molecule has 0 spiro atoms. The fourth-order valence-corrected chi connectivity index (χ4v) is 1.46. The van der Waals surface area contributed by atoms with Gasteiger partial charge in [0.25, 0.3) is 0 Å². The van der Waals surface area contributed by atoms with Gasteiger partial charge in [-0.1, -0.05) is 27.7 Å². The summed E-state index contributed by atoms with van der Waals surface area (Å²) < 4.78 is 5.11. The molecule has 0 heterocycles. The molecule has 1 atom stereocenters. The first-order valence-corrected chi connectivity index (χ1v) is 6.94. The summed E-state index contributed by atoms with van der Waals surface area (Å²) in [6, 6.07) is -0.747. The number of aliphatic carboxylic acids is 1. The Labute approximate surface area is 115 Å². The van der Waals surface area contributed by atoms with Crippen molar-refractivity contribution >= 4 is 11.9 Å². The number of carbonyl (C=O) groups excluding carboxylic acids is 1. The van der Waals surface area contributed by atoms with Gasteiger partial charge in [0.15, 0.2) is 0 Å². The smallest absolute Gasteiger partial charge is 0.323 e. The molecule has 0 unspecified atom stereocenters. The Hall–Kier alpha value is -1.10. The topological polar surface area (TPSA) is 75.6 Å². The quantitative estimate of drug-likeness (QED) is 0.596. The van der Waals surface area contributed by atoms with Crippen LogP contribution >= 0.6 is 0 Å². The second-order valence-corrected chi connectivity index (χ2v) is 5.64. The van der Waals surface area contributed by atoms with Crippen molar-refractivity contribution in [3.05, 3.63) is 0 Å². The molecule has 0 aliphatic heterocycles. The predicted octanol–water partition coefficient (Wildman–Crippen LogP) is 2.05. The number of ether oxygens (including phenoxy) is 1. The SMILES string of the molecule is CC(C)CCN[C@@H](CC(=O)O)C(=O)OCCC(C)C. The van der Waals surface area contributed by atoms with Crippen LogP contribution in [0.2, 0.25) is 0 Å². The van der Waals surface area contributed by atoms with E-state index in [0.717, 1.165) is 12.8 Å². The van der Waals surface area contributed by atoms with Gasteiger partial charge in [0.2, 0.25) is 0 Å². The van der Waals surface area contributed by atoms with E-state index in [-0.39, 0.29) is 6.42 Å². The first-order chi connectivity index (χ1) is 8.82. The number of carboxylic acid groups (broad SMARTS) is 1. The van der Waals surface area contributed by atoms with E-state index in [1.165, 1.54) is 0 Å². The molecule has 0 bridgehead atoms. The standard InChI is InChI=1S/C14H27NO4/c1-10(2)5-7-15-12(9-13(16)17)14(18)19-8-6-11(3)4/h10-12,15H,5-9H2,1-4H3,(H,16,17)/t12-/m0/s1. The second kappa shape index (κ2) is 9.78. The Morgan fingerprint density at radius 1 is 1.11 bits per heavy atom. The summed E-state index contributed by atoms with van der Waals surface area (Å²) in [4.78, 5) is 22.5. The Morgan fingerprint density at radius 3 is 2.16 bits per heavy atom. The Bertz CT molecular complexity index is 277. The molecule has 0 aliphatic carbocycles. The summed E-state index contributed by atoms with van der Waals surface area (Å²) >= 11 is 0. The fraction of sp³-hybridized carbons (Fsp3) is 0.857. The van der Waals surface area contributed by atoms with Crippen LogP contribution in [0.5, 0.6) is 0 Å². The van der Waals surface area contributed by atoms with Crippen LogP contribution in [-0.2, 0) is 14.3 Å². The molecule has 0 aromatic rings. The number of hydrogen-bond donors (Lipinski definition) is 2. The normalized spacial score (nSPS) is 12.7. The highest BCUT2D eigenvalue weighted by Crippen LogP contribution is 2.03. The first-order valence-electron chi connectivity index (χ1n) is 6.94. The lowest BCUT2D eigenvalue weighted by Gasteiger charge is -2.17. The van der Waals surface area contributed by atoms with Crippen molar-refractivity contribution in [1.82, 2.24) is 5.32 Å². The molecule has 0 amide bonds. The van der Waals surface area contributed by atoms with Gasteiger partial charge in [0.05, 0.1) is 13.0 Å². The van der Waals surface area contributed by atoms with Crippen molar-refractivity contribution in [1.29, 1.82) is 0 Å². The average molecular weight is 273 g/mol. The summed E-state index contributed by atoms with van der Waals surface area (Å²) in [6.45, 7) is 9.21. The summed E-state index contributed by atoms with van der Waals surface area (Å²) in [7, 11) is 0. The maximum absolute atomic E-state index is 11.8. The molecule has 2 N–H and O–H groups in total. The molecule has 0 saturated carbocycles. The van der Waals surface area contributed by atoms with Crippen molar-refractivity contribution in [3.8, 4) is 0 Å². The lowest BCUT2D eigenvalue weighted by molar-refractivity contribution is -0.150. The summed E-state index contributed by atoms with van der Waals surface area (Å²) in [5.74, 6) is -0.496. The van der Waals surface area contributed by atoms with Crippen LogP contribution in [-0.4, -0.2) is 36.2 Å². The molecule has 0 radical (unpaired) electrons. The Morgan fingerprint density at radius 2 is 1.68 bits per heavy atom. The Kier molecular flexibility index (Phi) is 9.21. The van der Waals surface area contributed by atoms with Gasteiger partial charge in [-0.3, -0.25) is 9.59 Å². The highest BCUT2D eigenvalue weighted by atomic mass is 16.5. The number of hydrogen-bond acceptors (Lipinski definition) is 4. The average Bonchev–Trinajstić information content (AvgIpc) is 2.26. The van der Waals surface area contributed by atoms with Gasteiger partial charge < -0.3 is 15.2 Å². The summed E-state index contributed by atoms with van der Waals surface area (Å²) in [6.07, 6.45) is 1.45. The minimum Gasteiger partial charge on any atom is -0.481 e. The largest absolute Gasteiger partial charge is 0.481 e. The molecule has 0 aromatic heterocycles. The first kappa shape index (κ1) is 17.9. The lowest BCUT2D eigenvalue weighted by Crippen LogP contribution is -2.40. The molecule has 0 rings (SSSR count). The zero-order valence-electron chi connectivity index (χ0n) is 12.4.